The fraction of sp³-hybridized carbons (Fsp3) is 0.444. The molecule has 0 aliphatic carbocycles. The minimum atomic E-state index is -1.24. The molecule has 0 bridgehead atoms. The van der Waals surface area contributed by atoms with Crippen LogP contribution in [0, 0.1) is 5.82 Å². The number of benzene rings is 1. The summed E-state index contributed by atoms with van der Waals surface area (Å²) < 4.78 is 22.8. The maximum Gasteiger partial charge on any atom is 0.339 e. The Morgan fingerprint density at radius 3 is 2.67 bits per heavy atom. The zero-order valence-electron chi connectivity index (χ0n) is 15.1. The number of carbonyl (C=O) groups is 1. The molecule has 144 valence electrons. The maximum atomic E-state index is 15.1. The molecule has 2 aliphatic rings. The minimum Gasteiger partial charge on any atom is -0.487 e. The van der Waals surface area contributed by atoms with Crippen molar-refractivity contribution in [2.24, 2.45) is 5.16 Å². The first-order valence-electron chi connectivity index (χ1n) is 8.81. The molecular weight excluding hydrogens is 355 g/mol. The van der Waals surface area contributed by atoms with Gasteiger partial charge in [0.2, 0.25) is 0 Å². The second kappa shape index (κ2) is 6.41. The number of pyridine rings is 1. The van der Waals surface area contributed by atoms with Crippen molar-refractivity contribution in [2.45, 2.75) is 13.0 Å². The molecule has 3 heterocycles. The Bertz CT molecular complexity index is 995. The smallest absolute Gasteiger partial charge is 0.339 e. The highest BCUT2D eigenvalue weighted by Gasteiger charge is 2.30. The molecule has 9 heteroatoms. The topological polar surface area (TPSA) is 90.5 Å². The van der Waals surface area contributed by atoms with Crippen LogP contribution in [0.4, 0.5) is 10.1 Å². The third-order valence-electron chi connectivity index (χ3n) is 5.31. The highest BCUT2D eigenvalue weighted by molar-refractivity contribution is 5.97. The molecule has 4 rings (SSSR count). The van der Waals surface area contributed by atoms with E-state index in [1.54, 1.807) is 4.57 Å². The summed E-state index contributed by atoms with van der Waals surface area (Å²) in [5.74, 6) is -1.39. The van der Waals surface area contributed by atoms with E-state index >= 15 is 4.39 Å². The zero-order valence-corrected chi connectivity index (χ0v) is 15.1. The monoisotopic (exact) mass is 376 g/mol. The predicted molar refractivity (Wildman–Crippen MR) is 96.1 cm³/mol. The van der Waals surface area contributed by atoms with Gasteiger partial charge in [-0.15, -0.1) is 0 Å². The molecule has 0 spiro atoms. The SMILES string of the molecule is C[C@H]1COc2c(N3CCN(C)CC3)c(F)cc3c(=NO)c(C(=O)O)cn1c23. The van der Waals surface area contributed by atoms with Crippen molar-refractivity contribution in [2.75, 3.05) is 44.7 Å². The number of piperazine rings is 1. The number of carboxylic acids is 1. The van der Waals surface area contributed by atoms with E-state index in [1.165, 1.54) is 12.3 Å². The first kappa shape index (κ1) is 17.6. The van der Waals surface area contributed by atoms with Gasteiger partial charge in [-0.1, -0.05) is 5.16 Å². The first-order valence-corrected chi connectivity index (χ1v) is 8.81. The van der Waals surface area contributed by atoms with Crippen molar-refractivity contribution in [1.82, 2.24) is 9.47 Å². The van der Waals surface area contributed by atoms with E-state index in [9.17, 15) is 15.1 Å². The van der Waals surface area contributed by atoms with Crippen LogP contribution in [0.2, 0.25) is 0 Å². The summed E-state index contributed by atoms with van der Waals surface area (Å²) >= 11 is 0. The molecule has 1 atom stereocenters. The molecule has 1 fully saturated rings. The predicted octanol–water partition coefficient (Wildman–Crippen LogP) is 1.47. The fourth-order valence-electron chi connectivity index (χ4n) is 3.81. The van der Waals surface area contributed by atoms with Gasteiger partial charge in [0.05, 0.1) is 11.6 Å². The molecule has 1 aromatic heterocycles. The van der Waals surface area contributed by atoms with Crippen molar-refractivity contribution in [3.63, 3.8) is 0 Å². The van der Waals surface area contributed by atoms with Crippen molar-refractivity contribution < 1.29 is 24.2 Å². The lowest BCUT2D eigenvalue weighted by Gasteiger charge is -2.37. The Morgan fingerprint density at radius 2 is 2.04 bits per heavy atom. The van der Waals surface area contributed by atoms with Gasteiger partial charge >= 0.3 is 5.97 Å². The van der Waals surface area contributed by atoms with Gasteiger partial charge in [0.1, 0.15) is 23.2 Å². The van der Waals surface area contributed by atoms with Gasteiger partial charge in [0.15, 0.2) is 11.6 Å². The summed E-state index contributed by atoms with van der Waals surface area (Å²) in [6.45, 7) is 5.13. The van der Waals surface area contributed by atoms with Gasteiger partial charge < -0.3 is 29.4 Å². The van der Waals surface area contributed by atoms with Gasteiger partial charge in [-0.05, 0) is 20.0 Å². The van der Waals surface area contributed by atoms with Crippen molar-refractivity contribution in [1.29, 1.82) is 0 Å². The highest BCUT2D eigenvalue weighted by atomic mass is 19.1. The summed E-state index contributed by atoms with van der Waals surface area (Å²) in [6.07, 6.45) is 1.43. The number of hydrogen-bond acceptors (Lipinski definition) is 6. The molecule has 2 N–H and O–H groups in total. The second-order valence-corrected chi connectivity index (χ2v) is 7.09. The van der Waals surface area contributed by atoms with Gasteiger partial charge in [-0.25, -0.2) is 9.18 Å². The molecule has 0 saturated carbocycles. The molecule has 2 aromatic rings. The van der Waals surface area contributed by atoms with Crippen LogP contribution in [0.15, 0.2) is 17.4 Å². The molecule has 2 aliphatic heterocycles. The number of aromatic nitrogens is 1. The van der Waals surface area contributed by atoms with E-state index < -0.39 is 11.8 Å². The van der Waals surface area contributed by atoms with Crippen LogP contribution in [0.1, 0.15) is 23.3 Å². The number of halogens is 1. The lowest BCUT2D eigenvalue weighted by Crippen LogP contribution is -2.45. The third kappa shape index (κ3) is 2.69. The van der Waals surface area contributed by atoms with Crippen molar-refractivity contribution in [3.8, 4) is 5.75 Å². The number of carboxylic acid groups (broad SMARTS) is 1. The van der Waals surface area contributed by atoms with Gasteiger partial charge in [-0.2, -0.15) is 0 Å². The van der Waals surface area contributed by atoms with Crippen LogP contribution in [0.5, 0.6) is 5.75 Å². The van der Waals surface area contributed by atoms with Crippen LogP contribution in [0.3, 0.4) is 0 Å². The summed E-state index contributed by atoms with van der Waals surface area (Å²) in [5, 5.41) is 22.1. The number of rotatable bonds is 2. The summed E-state index contributed by atoms with van der Waals surface area (Å²) in [7, 11) is 2.02. The molecule has 8 nitrogen and oxygen atoms in total. The Morgan fingerprint density at radius 1 is 1.33 bits per heavy atom. The Hall–Kier alpha value is -2.81. The standard InChI is InChI=1S/C18H21FN4O4/c1-10-9-27-17-15-11(14(20-26)12(18(24)25)8-23(10)15)7-13(19)16(17)22-5-3-21(2)4-6-22/h7-8,10,26H,3-6,9H2,1-2H3,(H,24,25)/t10-/m0/s1. The van der Waals surface area contributed by atoms with E-state index in [-0.39, 0.29) is 22.3 Å². The summed E-state index contributed by atoms with van der Waals surface area (Å²) in [4.78, 5) is 15.7. The first-order chi connectivity index (χ1) is 12.9. The average molecular weight is 376 g/mol. The van der Waals surface area contributed by atoms with E-state index in [0.717, 1.165) is 13.1 Å². The van der Waals surface area contributed by atoms with Crippen molar-refractivity contribution in [3.05, 3.63) is 29.0 Å². The van der Waals surface area contributed by atoms with Crippen molar-refractivity contribution >= 4 is 22.6 Å². The molecule has 0 radical (unpaired) electrons. The Kier molecular flexibility index (Phi) is 4.18. The van der Waals surface area contributed by atoms with E-state index in [0.29, 0.717) is 36.6 Å². The third-order valence-corrected chi connectivity index (χ3v) is 5.31. The number of likely N-dealkylation sites (N-methyl/N-ethyl adjacent to an activating group) is 1. The largest absolute Gasteiger partial charge is 0.487 e. The quantitative estimate of drug-likeness (QED) is 0.609. The molecule has 0 unspecified atom stereocenters. The Labute approximate surface area is 154 Å². The zero-order chi connectivity index (χ0) is 19.3. The van der Waals surface area contributed by atoms with Gasteiger partial charge in [0, 0.05) is 37.8 Å². The molecule has 27 heavy (non-hydrogen) atoms. The summed E-state index contributed by atoms with van der Waals surface area (Å²) in [6, 6.07) is 1.10. The minimum absolute atomic E-state index is 0.142. The summed E-state index contributed by atoms with van der Waals surface area (Å²) in [5.41, 5.74) is 0.738. The second-order valence-electron chi connectivity index (χ2n) is 7.09. The van der Waals surface area contributed by atoms with Crippen LogP contribution in [-0.4, -0.2) is 65.6 Å². The normalized spacial score (nSPS) is 20.8. The fourth-order valence-corrected chi connectivity index (χ4v) is 3.81. The van der Waals surface area contributed by atoms with Crippen LogP contribution in [0.25, 0.3) is 10.9 Å². The average Bonchev–Trinajstić information content (AvgIpc) is 2.64. The Balaban J connectivity index is 2.04. The lowest BCUT2D eigenvalue weighted by atomic mass is 10.0. The van der Waals surface area contributed by atoms with Crippen LogP contribution < -0.4 is 15.0 Å². The van der Waals surface area contributed by atoms with Crippen LogP contribution >= 0.6 is 0 Å². The molecule has 1 aromatic carbocycles. The molecule has 1 saturated heterocycles. The van der Waals surface area contributed by atoms with E-state index in [2.05, 4.69) is 10.1 Å². The van der Waals surface area contributed by atoms with Gasteiger partial charge in [0.25, 0.3) is 0 Å². The highest BCUT2D eigenvalue weighted by Crippen LogP contribution is 2.42. The molecular formula is C18H21FN4O4. The van der Waals surface area contributed by atoms with E-state index in [4.69, 9.17) is 4.74 Å². The number of ether oxygens (including phenoxy) is 1. The number of hydrogen-bond donors (Lipinski definition) is 2. The number of nitrogens with zero attached hydrogens (tertiary/aromatic N) is 4. The number of aromatic carboxylic acids is 1. The lowest BCUT2D eigenvalue weighted by molar-refractivity contribution is 0.0692. The number of anilines is 1. The molecule has 0 amide bonds. The maximum absolute atomic E-state index is 15.1. The van der Waals surface area contributed by atoms with E-state index in [1.807, 2.05) is 18.9 Å². The van der Waals surface area contributed by atoms with Gasteiger partial charge in [-0.3, -0.25) is 0 Å². The van der Waals surface area contributed by atoms with Crippen LogP contribution in [-0.2, 0) is 0 Å².